The number of hydrogen-bond donors (Lipinski definition) is 0. The molecule has 0 unspecified atom stereocenters. The average molecular weight is 367 g/mol. The Labute approximate surface area is 161 Å². The highest BCUT2D eigenvalue weighted by molar-refractivity contribution is 5.93. The van der Waals surface area contributed by atoms with E-state index >= 15 is 0 Å². The molecule has 0 saturated carbocycles. The molecule has 1 saturated heterocycles. The van der Waals surface area contributed by atoms with Gasteiger partial charge < -0.3 is 4.90 Å². The highest BCUT2D eigenvalue weighted by Gasteiger charge is 2.27. The Balaban J connectivity index is 1.63. The number of nitrogens with zero attached hydrogens (tertiary/aromatic N) is 5. The standard InChI is InChI=1S/C21H29N5O/c1-4-24-11-10-18-17(14-24)6-5-7-19(18)26-16(3)20(22-23-26)21(27)25-12-8-15(2)9-13-25/h5-7,15H,4,8-14H2,1-3H3. The molecular formula is C21H29N5O. The number of aromatic nitrogens is 3. The van der Waals surface area contributed by atoms with Gasteiger partial charge in [0.1, 0.15) is 0 Å². The second-order valence-electron chi connectivity index (χ2n) is 7.94. The van der Waals surface area contributed by atoms with Gasteiger partial charge in [-0.1, -0.05) is 31.2 Å². The van der Waals surface area contributed by atoms with Gasteiger partial charge in [0.2, 0.25) is 0 Å². The molecule has 0 aliphatic carbocycles. The average Bonchev–Trinajstić information content (AvgIpc) is 3.08. The van der Waals surface area contributed by atoms with E-state index in [2.05, 4.69) is 47.3 Å². The summed E-state index contributed by atoms with van der Waals surface area (Å²) >= 11 is 0. The first-order valence-electron chi connectivity index (χ1n) is 10.1. The maximum atomic E-state index is 12.9. The summed E-state index contributed by atoms with van der Waals surface area (Å²) in [6, 6.07) is 6.38. The van der Waals surface area contributed by atoms with Gasteiger partial charge in [-0.15, -0.1) is 5.10 Å². The van der Waals surface area contributed by atoms with Crippen LogP contribution in [-0.4, -0.2) is 56.9 Å². The predicted molar refractivity (Wildman–Crippen MR) is 105 cm³/mol. The third kappa shape index (κ3) is 3.38. The van der Waals surface area contributed by atoms with Crippen molar-refractivity contribution in [1.82, 2.24) is 24.8 Å². The van der Waals surface area contributed by atoms with Crippen LogP contribution >= 0.6 is 0 Å². The monoisotopic (exact) mass is 367 g/mol. The van der Waals surface area contributed by atoms with Gasteiger partial charge in [-0.25, -0.2) is 4.68 Å². The molecule has 1 fully saturated rings. The number of carbonyl (C=O) groups is 1. The number of benzene rings is 1. The normalized spacial score (nSPS) is 18.6. The van der Waals surface area contributed by atoms with E-state index in [1.807, 2.05) is 16.5 Å². The summed E-state index contributed by atoms with van der Waals surface area (Å²) in [7, 11) is 0. The van der Waals surface area contributed by atoms with Crippen LogP contribution in [-0.2, 0) is 13.0 Å². The van der Waals surface area contributed by atoms with Crippen LogP contribution in [0.15, 0.2) is 18.2 Å². The molecule has 3 heterocycles. The molecule has 2 aliphatic rings. The second kappa shape index (κ2) is 7.43. The Morgan fingerprint density at radius 1 is 1.22 bits per heavy atom. The molecule has 0 bridgehead atoms. The zero-order chi connectivity index (χ0) is 19.0. The minimum Gasteiger partial charge on any atom is -0.337 e. The first-order chi connectivity index (χ1) is 13.1. The third-order valence-electron chi connectivity index (χ3n) is 6.16. The van der Waals surface area contributed by atoms with Gasteiger partial charge in [0.15, 0.2) is 5.69 Å². The molecular weight excluding hydrogens is 338 g/mol. The van der Waals surface area contributed by atoms with Crippen molar-refractivity contribution in [3.8, 4) is 5.69 Å². The lowest BCUT2D eigenvalue weighted by atomic mass is 9.97. The van der Waals surface area contributed by atoms with Crippen LogP contribution in [0.2, 0.25) is 0 Å². The summed E-state index contributed by atoms with van der Waals surface area (Å²) in [5.41, 5.74) is 5.09. The fraction of sp³-hybridized carbons (Fsp3) is 0.571. The van der Waals surface area contributed by atoms with E-state index in [1.165, 1.54) is 11.1 Å². The van der Waals surface area contributed by atoms with Gasteiger partial charge in [-0.3, -0.25) is 9.69 Å². The number of likely N-dealkylation sites (tertiary alicyclic amines) is 1. The Morgan fingerprint density at radius 2 is 2.00 bits per heavy atom. The summed E-state index contributed by atoms with van der Waals surface area (Å²) in [4.78, 5) is 17.3. The molecule has 1 amide bonds. The Hall–Kier alpha value is -2.21. The second-order valence-corrected chi connectivity index (χ2v) is 7.94. The summed E-state index contributed by atoms with van der Waals surface area (Å²) in [5, 5.41) is 8.65. The van der Waals surface area contributed by atoms with Crippen molar-refractivity contribution in [2.24, 2.45) is 5.92 Å². The van der Waals surface area contributed by atoms with E-state index in [0.29, 0.717) is 11.6 Å². The number of piperidine rings is 1. The lowest BCUT2D eigenvalue weighted by molar-refractivity contribution is 0.0690. The number of rotatable bonds is 3. The van der Waals surface area contributed by atoms with Crippen LogP contribution in [0.4, 0.5) is 0 Å². The molecule has 1 aromatic carbocycles. The van der Waals surface area contributed by atoms with Gasteiger partial charge in [0.05, 0.1) is 11.4 Å². The maximum Gasteiger partial charge on any atom is 0.276 e. The Morgan fingerprint density at radius 3 is 2.74 bits per heavy atom. The molecule has 27 heavy (non-hydrogen) atoms. The third-order valence-corrected chi connectivity index (χ3v) is 6.16. The Bertz CT molecular complexity index is 835. The van der Waals surface area contributed by atoms with Crippen molar-refractivity contribution in [1.29, 1.82) is 0 Å². The minimum absolute atomic E-state index is 0.0209. The van der Waals surface area contributed by atoms with Crippen LogP contribution in [0.1, 0.15) is 54.0 Å². The van der Waals surface area contributed by atoms with Crippen molar-refractivity contribution < 1.29 is 4.79 Å². The van der Waals surface area contributed by atoms with Gasteiger partial charge in [0, 0.05) is 26.2 Å². The molecule has 4 rings (SSSR count). The predicted octanol–water partition coefficient (Wildman–Crippen LogP) is 2.83. The molecule has 0 spiro atoms. The van der Waals surface area contributed by atoms with Crippen molar-refractivity contribution in [2.75, 3.05) is 26.2 Å². The fourth-order valence-electron chi connectivity index (χ4n) is 4.23. The summed E-state index contributed by atoms with van der Waals surface area (Å²) in [5.74, 6) is 0.719. The molecule has 6 nitrogen and oxygen atoms in total. The first kappa shape index (κ1) is 18.2. The van der Waals surface area contributed by atoms with Crippen molar-refractivity contribution >= 4 is 5.91 Å². The summed E-state index contributed by atoms with van der Waals surface area (Å²) in [6.45, 7) is 11.2. The van der Waals surface area contributed by atoms with Gasteiger partial charge in [0.25, 0.3) is 5.91 Å². The zero-order valence-electron chi connectivity index (χ0n) is 16.6. The molecule has 144 valence electrons. The smallest absolute Gasteiger partial charge is 0.276 e. The van der Waals surface area contributed by atoms with E-state index in [9.17, 15) is 4.79 Å². The molecule has 1 aromatic heterocycles. The maximum absolute atomic E-state index is 12.9. The van der Waals surface area contributed by atoms with Crippen molar-refractivity contribution in [2.45, 2.75) is 46.6 Å². The quantitative estimate of drug-likeness (QED) is 0.837. The van der Waals surface area contributed by atoms with Crippen LogP contribution in [0, 0.1) is 12.8 Å². The van der Waals surface area contributed by atoms with Crippen molar-refractivity contribution in [3.63, 3.8) is 0 Å². The van der Waals surface area contributed by atoms with E-state index in [0.717, 1.165) is 63.4 Å². The molecule has 0 radical (unpaired) electrons. The van der Waals surface area contributed by atoms with Crippen LogP contribution in [0.5, 0.6) is 0 Å². The lowest BCUT2D eigenvalue weighted by Crippen LogP contribution is -2.38. The van der Waals surface area contributed by atoms with E-state index in [1.54, 1.807) is 0 Å². The van der Waals surface area contributed by atoms with Gasteiger partial charge >= 0.3 is 0 Å². The van der Waals surface area contributed by atoms with E-state index in [4.69, 9.17) is 0 Å². The number of fused-ring (bicyclic) bond motifs is 1. The van der Waals surface area contributed by atoms with Gasteiger partial charge in [-0.2, -0.15) is 0 Å². The number of carbonyl (C=O) groups excluding carboxylic acids is 1. The summed E-state index contributed by atoms with van der Waals surface area (Å²) < 4.78 is 1.86. The molecule has 6 heteroatoms. The first-order valence-corrected chi connectivity index (χ1v) is 10.1. The summed E-state index contributed by atoms with van der Waals surface area (Å²) in [6.07, 6.45) is 3.14. The van der Waals surface area contributed by atoms with Crippen LogP contribution < -0.4 is 0 Å². The molecule has 0 N–H and O–H groups in total. The molecule has 2 aromatic rings. The van der Waals surface area contributed by atoms with E-state index < -0.39 is 0 Å². The topological polar surface area (TPSA) is 54.3 Å². The SMILES string of the molecule is CCN1CCc2c(cccc2-n2nnc(C(=O)N3CCC(C)CC3)c2C)C1. The van der Waals surface area contributed by atoms with E-state index in [-0.39, 0.29) is 5.91 Å². The highest BCUT2D eigenvalue weighted by Crippen LogP contribution is 2.26. The Kier molecular flexibility index (Phi) is 5.00. The largest absolute Gasteiger partial charge is 0.337 e. The lowest BCUT2D eigenvalue weighted by Gasteiger charge is -2.30. The number of hydrogen-bond acceptors (Lipinski definition) is 4. The zero-order valence-corrected chi connectivity index (χ0v) is 16.6. The fourth-order valence-corrected chi connectivity index (χ4v) is 4.23. The van der Waals surface area contributed by atoms with Gasteiger partial charge in [-0.05, 0) is 55.8 Å². The molecule has 0 atom stereocenters. The van der Waals surface area contributed by atoms with Crippen molar-refractivity contribution in [3.05, 3.63) is 40.7 Å². The minimum atomic E-state index is 0.0209. The number of amides is 1. The highest BCUT2D eigenvalue weighted by atomic mass is 16.2. The molecule has 2 aliphatic heterocycles. The van der Waals surface area contributed by atoms with Crippen LogP contribution in [0.3, 0.4) is 0 Å². The van der Waals surface area contributed by atoms with Crippen LogP contribution in [0.25, 0.3) is 5.69 Å². The number of likely N-dealkylation sites (N-methyl/N-ethyl adjacent to an activating group) is 1.